The van der Waals surface area contributed by atoms with E-state index in [-0.39, 0.29) is 39.5 Å². The largest absolute Gasteiger partial charge is 0.478 e. The predicted octanol–water partition coefficient (Wildman–Crippen LogP) is 11.6. The standard InChI is InChI=1S/C41H51Cl3N4O4/c1-4-5-6-7-8-9-10-11-12-13-14-15-16-19-29-20-17-23-33(24-29)52-41(2,3)40(51)45-32-22-18-21-30(25-32)39(50)46-36-28-37(49)48(47-36)38-34(43)26-31(42)27-35(38)44/h17-18,20-27H,4-16,19,28H2,1-3H3,(H,45,51)(H,46,47,50). The van der Waals surface area contributed by atoms with Crippen LogP contribution in [0.2, 0.25) is 15.1 Å². The lowest BCUT2D eigenvalue weighted by molar-refractivity contribution is -0.128. The molecule has 0 bridgehead atoms. The van der Waals surface area contributed by atoms with E-state index in [4.69, 9.17) is 39.5 Å². The summed E-state index contributed by atoms with van der Waals surface area (Å²) in [7, 11) is 0. The summed E-state index contributed by atoms with van der Waals surface area (Å²) in [6, 6.07) is 17.3. The lowest BCUT2D eigenvalue weighted by Gasteiger charge is -2.25. The third kappa shape index (κ3) is 12.8. The number of carbonyl (C=O) groups is 3. The third-order valence-corrected chi connectivity index (χ3v) is 9.79. The van der Waals surface area contributed by atoms with Crippen LogP contribution in [0.25, 0.3) is 0 Å². The van der Waals surface area contributed by atoms with Gasteiger partial charge in [-0.05, 0) is 74.7 Å². The number of nitrogens with zero attached hydrogens (tertiary/aromatic N) is 2. The Balaban J connectivity index is 1.22. The van der Waals surface area contributed by atoms with Gasteiger partial charge in [-0.3, -0.25) is 14.4 Å². The first-order valence-corrected chi connectivity index (χ1v) is 19.7. The molecule has 0 aliphatic carbocycles. The van der Waals surface area contributed by atoms with E-state index in [1.807, 2.05) is 18.2 Å². The minimum Gasteiger partial charge on any atom is -0.478 e. The minimum absolute atomic E-state index is 0.123. The Kier molecular flexibility index (Phi) is 16.3. The maximum atomic E-state index is 13.3. The number of hydrogen-bond acceptors (Lipinski definition) is 5. The van der Waals surface area contributed by atoms with Crippen molar-refractivity contribution < 1.29 is 19.1 Å². The van der Waals surface area contributed by atoms with Crippen LogP contribution in [0.5, 0.6) is 5.75 Å². The summed E-state index contributed by atoms with van der Waals surface area (Å²) in [6.45, 7) is 5.68. The van der Waals surface area contributed by atoms with Crippen LogP contribution in [0, 0.1) is 0 Å². The van der Waals surface area contributed by atoms with Gasteiger partial charge >= 0.3 is 0 Å². The fraction of sp³-hybridized carbons (Fsp3) is 0.463. The molecule has 1 heterocycles. The molecule has 3 aromatic rings. The molecule has 0 fully saturated rings. The van der Waals surface area contributed by atoms with Gasteiger partial charge in [-0.1, -0.05) is 137 Å². The molecule has 280 valence electrons. The average Bonchev–Trinajstić information content (AvgIpc) is 3.45. The number of ether oxygens (including phenoxy) is 1. The van der Waals surface area contributed by atoms with Crippen LogP contribution >= 0.6 is 34.8 Å². The van der Waals surface area contributed by atoms with Crippen molar-refractivity contribution in [1.29, 1.82) is 0 Å². The van der Waals surface area contributed by atoms with Crippen LogP contribution < -0.4 is 20.4 Å². The number of halogens is 3. The number of anilines is 2. The van der Waals surface area contributed by atoms with Gasteiger partial charge in [0.05, 0.1) is 16.5 Å². The van der Waals surface area contributed by atoms with Crippen LogP contribution in [0.4, 0.5) is 11.4 Å². The van der Waals surface area contributed by atoms with Crippen LogP contribution in [0.15, 0.2) is 65.8 Å². The lowest BCUT2D eigenvalue weighted by atomic mass is 10.0. The molecule has 0 saturated heterocycles. The zero-order valence-electron chi connectivity index (χ0n) is 30.5. The highest BCUT2D eigenvalue weighted by Crippen LogP contribution is 2.38. The SMILES string of the molecule is CCCCCCCCCCCCCCCc1cccc(OC(C)(C)C(=O)Nc2cccc(C(=O)NC3=NN(c4c(Cl)cc(Cl)cc4Cl)C(=O)C3)c2)c1. The first-order valence-electron chi connectivity index (χ1n) is 18.5. The molecule has 1 aliphatic heterocycles. The van der Waals surface area contributed by atoms with Crippen molar-refractivity contribution in [2.24, 2.45) is 5.10 Å². The Morgan fingerprint density at radius 1 is 0.788 bits per heavy atom. The number of unbranched alkanes of at least 4 members (excludes halogenated alkanes) is 12. The van der Waals surface area contributed by atoms with E-state index in [9.17, 15) is 14.4 Å². The Hall–Kier alpha value is -3.59. The highest BCUT2D eigenvalue weighted by atomic mass is 35.5. The van der Waals surface area contributed by atoms with E-state index in [0.29, 0.717) is 16.5 Å². The van der Waals surface area contributed by atoms with Gasteiger partial charge in [0, 0.05) is 16.3 Å². The highest BCUT2D eigenvalue weighted by molar-refractivity contribution is 6.42. The van der Waals surface area contributed by atoms with Crippen molar-refractivity contribution in [1.82, 2.24) is 5.32 Å². The van der Waals surface area contributed by atoms with E-state index in [1.54, 1.807) is 38.1 Å². The topological polar surface area (TPSA) is 100 Å². The second-order valence-electron chi connectivity index (χ2n) is 13.9. The molecule has 0 saturated carbocycles. The fourth-order valence-electron chi connectivity index (χ4n) is 6.09. The predicted molar refractivity (Wildman–Crippen MR) is 214 cm³/mol. The molecule has 0 radical (unpaired) electrons. The molecule has 3 aromatic carbocycles. The number of aryl methyl sites for hydroxylation is 1. The van der Waals surface area contributed by atoms with Crippen LogP contribution in [0.3, 0.4) is 0 Å². The van der Waals surface area contributed by atoms with Gasteiger partial charge in [-0.2, -0.15) is 10.1 Å². The molecule has 0 spiro atoms. The average molecular weight is 770 g/mol. The number of benzene rings is 3. The zero-order chi connectivity index (χ0) is 37.5. The number of nitrogens with one attached hydrogen (secondary N) is 2. The maximum absolute atomic E-state index is 13.3. The lowest BCUT2D eigenvalue weighted by Crippen LogP contribution is -2.42. The molecule has 0 atom stereocenters. The molecule has 0 aromatic heterocycles. The third-order valence-electron chi connectivity index (χ3n) is 9.00. The zero-order valence-corrected chi connectivity index (χ0v) is 32.8. The van der Waals surface area contributed by atoms with Crippen LogP contribution in [0.1, 0.15) is 127 Å². The van der Waals surface area contributed by atoms with E-state index in [1.165, 1.54) is 94.7 Å². The smallest absolute Gasteiger partial charge is 0.267 e. The molecular weight excluding hydrogens is 719 g/mol. The molecule has 8 nitrogen and oxygen atoms in total. The molecule has 52 heavy (non-hydrogen) atoms. The molecule has 2 N–H and O–H groups in total. The fourth-order valence-corrected chi connectivity index (χ4v) is 7.06. The van der Waals surface area contributed by atoms with Crippen molar-refractivity contribution in [3.63, 3.8) is 0 Å². The summed E-state index contributed by atoms with van der Waals surface area (Å²) in [5, 5.41) is 11.4. The van der Waals surface area contributed by atoms with Gasteiger partial charge in [0.1, 0.15) is 17.3 Å². The second kappa shape index (κ2) is 20.6. The summed E-state index contributed by atoms with van der Waals surface area (Å²) < 4.78 is 6.17. The van der Waals surface area contributed by atoms with Gasteiger partial charge in [0.2, 0.25) is 0 Å². The monoisotopic (exact) mass is 768 g/mol. The van der Waals surface area contributed by atoms with E-state index < -0.39 is 17.4 Å². The number of hydrogen-bond donors (Lipinski definition) is 2. The number of amidine groups is 1. The molecule has 1 aliphatic rings. The van der Waals surface area contributed by atoms with Gasteiger partial charge in [0.25, 0.3) is 17.7 Å². The van der Waals surface area contributed by atoms with Crippen LogP contribution in [-0.4, -0.2) is 29.2 Å². The highest BCUT2D eigenvalue weighted by Gasteiger charge is 2.32. The quantitative estimate of drug-likeness (QED) is 0.112. The Morgan fingerprint density at radius 3 is 2.02 bits per heavy atom. The minimum atomic E-state index is -1.20. The van der Waals surface area contributed by atoms with Crippen molar-refractivity contribution >= 4 is 69.7 Å². The summed E-state index contributed by atoms with van der Waals surface area (Å²) in [4.78, 5) is 39.2. The number of carbonyl (C=O) groups excluding carboxylic acids is 3. The maximum Gasteiger partial charge on any atom is 0.267 e. The first-order chi connectivity index (χ1) is 25.0. The number of amides is 3. The number of hydrazone groups is 1. The van der Waals surface area contributed by atoms with Crippen molar-refractivity contribution in [2.45, 2.75) is 123 Å². The molecule has 4 rings (SSSR count). The van der Waals surface area contributed by atoms with E-state index in [0.717, 1.165) is 17.9 Å². The van der Waals surface area contributed by atoms with Crippen molar-refractivity contribution in [3.8, 4) is 5.75 Å². The van der Waals surface area contributed by atoms with Crippen molar-refractivity contribution in [2.75, 3.05) is 10.3 Å². The summed E-state index contributed by atoms with van der Waals surface area (Å²) in [5.41, 5.74) is 0.841. The van der Waals surface area contributed by atoms with E-state index in [2.05, 4.69) is 28.7 Å². The Labute approximate surface area is 323 Å². The van der Waals surface area contributed by atoms with E-state index >= 15 is 0 Å². The summed E-state index contributed by atoms with van der Waals surface area (Å²) in [5.74, 6) is -0.548. The molecule has 3 amide bonds. The summed E-state index contributed by atoms with van der Waals surface area (Å²) >= 11 is 18.5. The van der Waals surface area contributed by atoms with Gasteiger partial charge in [-0.15, -0.1) is 0 Å². The Bertz CT molecular complexity index is 1690. The normalized spacial score (nSPS) is 12.9. The van der Waals surface area contributed by atoms with Gasteiger partial charge < -0.3 is 15.4 Å². The van der Waals surface area contributed by atoms with Crippen LogP contribution in [-0.2, 0) is 16.0 Å². The van der Waals surface area contributed by atoms with Crippen molar-refractivity contribution in [3.05, 3.63) is 86.9 Å². The second-order valence-corrected chi connectivity index (χ2v) is 15.1. The number of rotatable bonds is 20. The Morgan fingerprint density at radius 2 is 1.38 bits per heavy atom. The van der Waals surface area contributed by atoms with Gasteiger partial charge in [-0.25, -0.2) is 0 Å². The summed E-state index contributed by atoms with van der Waals surface area (Å²) in [6.07, 6.45) is 18.0. The molecular formula is C41H51Cl3N4O4. The molecule has 0 unspecified atom stereocenters. The first kappa shape index (κ1) is 41.2. The van der Waals surface area contributed by atoms with Gasteiger partial charge in [0.15, 0.2) is 5.60 Å². The molecule has 11 heteroatoms.